The van der Waals surface area contributed by atoms with E-state index in [2.05, 4.69) is 27.3 Å². The standard InChI is InChI=1S/C16H19N3O2/c1-17-15-12-9-11(19-7-3-4-8-19)5-6-14(12)18-10-13(15)16(20)21-2/h5-6,9-10H,3-4,7-8H2,1-2H3,(H,17,18). The Kier molecular flexibility index (Phi) is 3.64. The molecule has 2 heterocycles. The van der Waals surface area contributed by atoms with Crippen molar-refractivity contribution >= 4 is 28.2 Å². The SMILES string of the molecule is CNc1c(C(=O)OC)cnc2ccc(N3CCCC3)cc12. The molecule has 0 amide bonds. The fourth-order valence-electron chi connectivity index (χ4n) is 2.89. The van der Waals surface area contributed by atoms with E-state index in [4.69, 9.17) is 4.74 Å². The van der Waals surface area contributed by atoms with E-state index >= 15 is 0 Å². The molecule has 3 rings (SSSR count). The van der Waals surface area contributed by atoms with Crippen molar-refractivity contribution in [2.45, 2.75) is 12.8 Å². The highest BCUT2D eigenvalue weighted by molar-refractivity contribution is 6.05. The van der Waals surface area contributed by atoms with Crippen molar-refractivity contribution in [2.24, 2.45) is 0 Å². The van der Waals surface area contributed by atoms with E-state index in [9.17, 15) is 4.79 Å². The van der Waals surface area contributed by atoms with Crippen LogP contribution < -0.4 is 10.2 Å². The van der Waals surface area contributed by atoms with E-state index in [1.54, 1.807) is 6.20 Å². The number of ether oxygens (including phenoxy) is 1. The molecule has 0 aliphatic carbocycles. The van der Waals surface area contributed by atoms with Gasteiger partial charge in [-0.15, -0.1) is 0 Å². The Bertz CT molecular complexity index is 679. The lowest BCUT2D eigenvalue weighted by Gasteiger charge is -2.19. The first-order valence-corrected chi connectivity index (χ1v) is 7.18. The lowest BCUT2D eigenvalue weighted by atomic mass is 10.1. The first-order chi connectivity index (χ1) is 10.2. The summed E-state index contributed by atoms with van der Waals surface area (Å²) in [5.41, 5.74) is 3.29. The lowest BCUT2D eigenvalue weighted by molar-refractivity contribution is 0.0601. The number of methoxy groups -OCH3 is 1. The third-order valence-electron chi connectivity index (χ3n) is 3.98. The fraction of sp³-hybridized carbons (Fsp3) is 0.375. The van der Waals surface area contributed by atoms with Crippen molar-refractivity contribution in [3.8, 4) is 0 Å². The minimum atomic E-state index is -0.375. The van der Waals surface area contributed by atoms with Gasteiger partial charge in [-0.2, -0.15) is 0 Å². The average Bonchev–Trinajstić information content (AvgIpc) is 3.06. The molecule has 0 radical (unpaired) electrons. The summed E-state index contributed by atoms with van der Waals surface area (Å²) >= 11 is 0. The van der Waals surface area contributed by atoms with Crippen molar-refractivity contribution in [1.82, 2.24) is 4.98 Å². The number of hydrogen-bond donors (Lipinski definition) is 1. The van der Waals surface area contributed by atoms with Gasteiger partial charge in [-0.25, -0.2) is 4.79 Å². The number of pyridine rings is 1. The van der Waals surface area contributed by atoms with E-state index in [1.807, 2.05) is 13.1 Å². The number of fused-ring (bicyclic) bond motifs is 1. The molecular weight excluding hydrogens is 266 g/mol. The van der Waals surface area contributed by atoms with Gasteiger partial charge in [-0.05, 0) is 31.0 Å². The van der Waals surface area contributed by atoms with E-state index in [-0.39, 0.29) is 5.97 Å². The van der Waals surface area contributed by atoms with Crippen LogP contribution in [0.2, 0.25) is 0 Å². The largest absolute Gasteiger partial charge is 0.465 e. The van der Waals surface area contributed by atoms with Gasteiger partial charge in [0, 0.05) is 37.4 Å². The molecule has 5 heteroatoms. The molecule has 0 spiro atoms. The Hall–Kier alpha value is -2.30. The molecule has 5 nitrogen and oxygen atoms in total. The topological polar surface area (TPSA) is 54.5 Å². The summed E-state index contributed by atoms with van der Waals surface area (Å²) in [5, 5.41) is 4.06. The highest BCUT2D eigenvalue weighted by Gasteiger charge is 2.17. The minimum Gasteiger partial charge on any atom is -0.465 e. The number of hydrogen-bond acceptors (Lipinski definition) is 5. The van der Waals surface area contributed by atoms with Gasteiger partial charge < -0.3 is 15.0 Å². The fourth-order valence-corrected chi connectivity index (χ4v) is 2.89. The van der Waals surface area contributed by atoms with Crippen LogP contribution in [-0.2, 0) is 4.74 Å². The van der Waals surface area contributed by atoms with Crippen molar-refractivity contribution in [2.75, 3.05) is 37.5 Å². The van der Waals surface area contributed by atoms with Gasteiger partial charge in [0.05, 0.1) is 18.3 Å². The van der Waals surface area contributed by atoms with Crippen LogP contribution in [0, 0.1) is 0 Å². The zero-order chi connectivity index (χ0) is 14.8. The molecule has 1 aliphatic heterocycles. The maximum atomic E-state index is 11.9. The Balaban J connectivity index is 2.14. The zero-order valence-electron chi connectivity index (χ0n) is 12.3. The molecule has 0 atom stereocenters. The third kappa shape index (κ3) is 2.39. The molecule has 2 aromatic rings. The lowest BCUT2D eigenvalue weighted by Crippen LogP contribution is -2.17. The molecule has 1 aromatic carbocycles. The first-order valence-electron chi connectivity index (χ1n) is 7.18. The monoisotopic (exact) mass is 285 g/mol. The molecule has 1 N–H and O–H groups in total. The van der Waals surface area contributed by atoms with Crippen LogP contribution in [0.1, 0.15) is 23.2 Å². The number of anilines is 2. The Morgan fingerprint density at radius 1 is 1.33 bits per heavy atom. The van der Waals surface area contributed by atoms with Crippen LogP contribution in [0.4, 0.5) is 11.4 Å². The number of nitrogens with one attached hydrogen (secondary N) is 1. The van der Waals surface area contributed by atoms with Gasteiger partial charge in [-0.1, -0.05) is 0 Å². The summed E-state index contributed by atoms with van der Waals surface area (Å²) in [7, 11) is 3.19. The second-order valence-corrected chi connectivity index (χ2v) is 5.18. The minimum absolute atomic E-state index is 0.375. The van der Waals surface area contributed by atoms with Crippen LogP contribution in [0.5, 0.6) is 0 Å². The number of esters is 1. The van der Waals surface area contributed by atoms with Crippen molar-refractivity contribution in [3.05, 3.63) is 30.0 Å². The molecule has 1 aliphatic rings. The normalized spacial score (nSPS) is 14.5. The molecule has 0 saturated carbocycles. The molecular formula is C16H19N3O2. The van der Waals surface area contributed by atoms with Gasteiger partial charge in [0.25, 0.3) is 0 Å². The van der Waals surface area contributed by atoms with E-state index in [1.165, 1.54) is 25.6 Å². The number of carbonyl (C=O) groups is 1. The number of benzene rings is 1. The highest BCUT2D eigenvalue weighted by atomic mass is 16.5. The van der Waals surface area contributed by atoms with Crippen LogP contribution in [0.25, 0.3) is 10.9 Å². The van der Waals surface area contributed by atoms with Gasteiger partial charge >= 0.3 is 5.97 Å². The summed E-state index contributed by atoms with van der Waals surface area (Å²) in [6.45, 7) is 2.18. The maximum absolute atomic E-state index is 11.9. The van der Waals surface area contributed by atoms with Gasteiger partial charge in [-0.3, -0.25) is 4.98 Å². The van der Waals surface area contributed by atoms with Gasteiger partial charge in [0.15, 0.2) is 0 Å². The summed E-state index contributed by atoms with van der Waals surface area (Å²) in [6.07, 6.45) is 4.03. The van der Waals surface area contributed by atoms with Crippen molar-refractivity contribution < 1.29 is 9.53 Å². The first kappa shape index (κ1) is 13.7. The summed E-state index contributed by atoms with van der Waals surface area (Å²) in [6, 6.07) is 6.20. The third-order valence-corrected chi connectivity index (χ3v) is 3.98. The summed E-state index contributed by atoms with van der Waals surface area (Å²) < 4.78 is 4.83. The van der Waals surface area contributed by atoms with E-state index < -0.39 is 0 Å². The molecule has 1 aromatic heterocycles. The van der Waals surface area contributed by atoms with E-state index in [0.29, 0.717) is 5.56 Å². The Labute approximate surface area is 123 Å². The average molecular weight is 285 g/mol. The molecule has 21 heavy (non-hydrogen) atoms. The number of rotatable bonds is 3. The smallest absolute Gasteiger partial charge is 0.341 e. The Morgan fingerprint density at radius 2 is 2.10 bits per heavy atom. The molecule has 110 valence electrons. The molecule has 1 fully saturated rings. The van der Waals surface area contributed by atoms with Crippen molar-refractivity contribution in [1.29, 1.82) is 0 Å². The van der Waals surface area contributed by atoms with Gasteiger partial charge in [0.1, 0.15) is 5.56 Å². The van der Waals surface area contributed by atoms with Crippen LogP contribution in [0.3, 0.4) is 0 Å². The maximum Gasteiger partial charge on any atom is 0.341 e. The number of carbonyl (C=O) groups excluding carboxylic acids is 1. The number of nitrogens with zero attached hydrogens (tertiary/aromatic N) is 2. The summed E-state index contributed by atoms with van der Waals surface area (Å²) in [5.74, 6) is -0.375. The molecule has 0 bridgehead atoms. The van der Waals surface area contributed by atoms with Crippen LogP contribution >= 0.6 is 0 Å². The van der Waals surface area contributed by atoms with Crippen LogP contribution in [-0.4, -0.2) is 38.2 Å². The number of aromatic nitrogens is 1. The quantitative estimate of drug-likeness (QED) is 0.879. The molecule has 0 unspecified atom stereocenters. The summed E-state index contributed by atoms with van der Waals surface area (Å²) in [4.78, 5) is 18.6. The van der Waals surface area contributed by atoms with Crippen LogP contribution in [0.15, 0.2) is 24.4 Å². The predicted octanol–water partition coefficient (Wildman–Crippen LogP) is 2.66. The van der Waals surface area contributed by atoms with Crippen molar-refractivity contribution in [3.63, 3.8) is 0 Å². The zero-order valence-corrected chi connectivity index (χ0v) is 12.3. The Morgan fingerprint density at radius 3 is 2.76 bits per heavy atom. The van der Waals surface area contributed by atoms with E-state index in [0.717, 1.165) is 29.7 Å². The second-order valence-electron chi connectivity index (χ2n) is 5.18. The molecule has 1 saturated heterocycles. The van der Waals surface area contributed by atoms with Gasteiger partial charge in [0.2, 0.25) is 0 Å². The second kappa shape index (κ2) is 5.60. The highest BCUT2D eigenvalue weighted by Crippen LogP contribution is 2.31. The predicted molar refractivity (Wildman–Crippen MR) is 84.1 cm³/mol.